The Labute approximate surface area is 68.6 Å². The number of hydrogen-bond acceptors (Lipinski definition) is 1. The van der Waals surface area contributed by atoms with Crippen molar-refractivity contribution in [1.82, 2.24) is 5.32 Å². The Morgan fingerprint density at radius 2 is 2.27 bits per heavy atom. The average molecular weight is 149 g/mol. The molecule has 1 nitrogen and oxygen atoms in total. The molecule has 60 valence electrons. The molecule has 0 aromatic heterocycles. The van der Waals surface area contributed by atoms with E-state index in [4.69, 9.17) is 6.42 Å². The molecule has 2 aliphatic rings. The van der Waals surface area contributed by atoms with Crippen molar-refractivity contribution >= 4 is 0 Å². The highest BCUT2D eigenvalue weighted by molar-refractivity contribution is 5.06. The fourth-order valence-electron chi connectivity index (χ4n) is 2.43. The van der Waals surface area contributed by atoms with Crippen LogP contribution in [-0.2, 0) is 0 Å². The molecule has 0 bridgehead atoms. The highest BCUT2D eigenvalue weighted by Crippen LogP contribution is 2.55. The van der Waals surface area contributed by atoms with Crippen LogP contribution in [0.25, 0.3) is 0 Å². The third-order valence-electron chi connectivity index (χ3n) is 3.47. The fraction of sp³-hybridized carbons (Fsp3) is 0.800. The average Bonchev–Trinajstić information content (AvgIpc) is 1.83. The molecule has 0 heterocycles. The summed E-state index contributed by atoms with van der Waals surface area (Å²) in [6, 6.07) is 0.757. The Balaban J connectivity index is 1.82. The smallest absolute Gasteiger partial charge is 0.0576 e. The predicted octanol–water partition coefficient (Wildman–Crippen LogP) is 1.54. The highest BCUT2D eigenvalue weighted by atomic mass is 15.0. The molecular weight excluding hydrogens is 134 g/mol. The first-order chi connectivity index (χ1) is 5.37. The summed E-state index contributed by atoms with van der Waals surface area (Å²) in [7, 11) is 0. The van der Waals surface area contributed by atoms with Crippen molar-refractivity contribution in [3.63, 3.8) is 0 Å². The summed E-state index contributed by atoms with van der Waals surface area (Å²) < 4.78 is 0. The van der Waals surface area contributed by atoms with E-state index in [2.05, 4.69) is 11.2 Å². The minimum atomic E-state index is 0.705. The summed E-state index contributed by atoms with van der Waals surface area (Å²) in [6.45, 7) is 0.756. The third kappa shape index (κ3) is 0.973. The summed E-state index contributed by atoms with van der Waals surface area (Å²) >= 11 is 0. The van der Waals surface area contributed by atoms with E-state index in [1.54, 1.807) is 0 Å². The second-order valence-electron chi connectivity index (χ2n) is 3.89. The van der Waals surface area contributed by atoms with Gasteiger partial charge >= 0.3 is 0 Å². The molecule has 11 heavy (non-hydrogen) atoms. The molecule has 0 saturated heterocycles. The zero-order valence-electron chi connectivity index (χ0n) is 6.90. The zero-order valence-corrected chi connectivity index (χ0v) is 6.90. The van der Waals surface area contributed by atoms with Crippen molar-refractivity contribution in [3.8, 4) is 12.3 Å². The van der Waals surface area contributed by atoms with Crippen molar-refractivity contribution in [1.29, 1.82) is 0 Å². The standard InChI is InChI=1S/C10H15N/c1-2-8-11-9-4-7-10(9)5-3-6-10/h1,9,11H,3-8H2. The highest BCUT2D eigenvalue weighted by Gasteiger charge is 2.49. The maximum atomic E-state index is 5.19. The molecule has 1 heteroatoms. The minimum Gasteiger partial charge on any atom is -0.303 e. The quantitative estimate of drug-likeness (QED) is 0.587. The van der Waals surface area contributed by atoms with Gasteiger partial charge in [-0.1, -0.05) is 12.3 Å². The van der Waals surface area contributed by atoms with Crippen molar-refractivity contribution in [2.75, 3.05) is 6.54 Å². The van der Waals surface area contributed by atoms with E-state index in [9.17, 15) is 0 Å². The predicted molar refractivity (Wildman–Crippen MR) is 46.1 cm³/mol. The molecule has 2 aliphatic carbocycles. The van der Waals surface area contributed by atoms with Gasteiger partial charge in [-0.25, -0.2) is 0 Å². The van der Waals surface area contributed by atoms with E-state index in [0.717, 1.165) is 12.6 Å². The van der Waals surface area contributed by atoms with Crippen molar-refractivity contribution in [2.24, 2.45) is 5.41 Å². The van der Waals surface area contributed by atoms with Gasteiger partial charge in [0.25, 0.3) is 0 Å². The number of rotatable bonds is 2. The molecule has 1 unspecified atom stereocenters. The first kappa shape index (κ1) is 7.18. The van der Waals surface area contributed by atoms with Crippen molar-refractivity contribution < 1.29 is 0 Å². The van der Waals surface area contributed by atoms with Crippen LogP contribution < -0.4 is 5.32 Å². The Morgan fingerprint density at radius 1 is 1.45 bits per heavy atom. The normalized spacial score (nSPS) is 32.1. The molecule has 2 saturated carbocycles. The van der Waals surface area contributed by atoms with Gasteiger partial charge in [0.2, 0.25) is 0 Å². The number of nitrogens with one attached hydrogen (secondary N) is 1. The molecule has 2 fully saturated rings. The van der Waals surface area contributed by atoms with Crippen molar-refractivity contribution in [2.45, 2.75) is 38.1 Å². The van der Waals surface area contributed by atoms with Gasteiger partial charge in [-0.2, -0.15) is 0 Å². The van der Waals surface area contributed by atoms with Crippen LogP contribution in [0.3, 0.4) is 0 Å². The second-order valence-corrected chi connectivity index (χ2v) is 3.89. The van der Waals surface area contributed by atoms with Gasteiger partial charge in [-0.3, -0.25) is 0 Å². The molecule has 1 N–H and O–H groups in total. The summed E-state index contributed by atoms with van der Waals surface area (Å²) in [5.41, 5.74) is 0.705. The Kier molecular flexibility index (Phi) is 1.65. The van der Waals surface area contributed by atoms with Gasteiger partial charge in [0, 0.05) is 6.04 Å². The van der Waals surface area contributed by atoms with E-state index < -0.39 is 0 Å². The fourth-order valence-corrected chi connectivity index (χ4v) is 2.43. The lowest BCUT2D eigenvalue weighted by atomic mass is 9.53. The molecule has 1 spiro atoms. The van der Waals surface area contributed by atoms with Gasteiger partial charge < -0.3 is 5.32 Å². The monoisotopic (exact) mass is 149 g/mol. The topological polar surface area (TPSA) is 12.0 Å². The van der Waals surface area contributed by atoms with Crippen LogP contribution >= 0.6 is 0 Å². The SMILES string of the molecule is C#CCNC1CCC12CCC2. The zero-order chi connectivity index (χ0) is 7.73. The Morgan fingerprint density at radius 3 is 2.64 bits per heavy atom. The van der Waals surface area contributed by atoms with Crippen LogP contribution in [0.15, 0.2) is 0 Å². The Hall–Kier alpha value is -0.480. The second kappa shape index (κ2) is 2.53. The molecule has 0 aromatic rings. The third-order valence-corrected chi connectivity index (χ3v) is 3.47. The minimum absolute atomic E-state index is 0.705. The van der Waals surface area contributed by atoms with Gasteiger partial charge in [0.15, 0.2) is 0 Å². The molecule has 0 aliphatic heterocycles. The molecule has 1 atom stereocenters. The lowest BCUT2D eigenvalue weighted by Gasteiger charge is -2.56. The van der Waals surface area contributed by atoms with Crippen LogP contribution in [-0.4, -0.2) is 12.6 Å². The van der Waals surface area contributed by atoms with E-state index in [0.29, 0.717) is 5.41 Å². The maximum Gasteiger partial charge on any atom is 0.0576 e. The van der Waals surface area contributed by atoms with E-state index >= 15 is 0 Å². The molecular formula is C10H15N. The summed E-state index contributed by atoms with van der Waals surface area (Å²) in [4.78, 5) is 0. The Bertz CT molecular complexity index is 180. The van der Waals surface area contributed by atoms with E-state index in [1.807, 2.05) is 0 Å². The van der Waals surface area contributed by atoms with Crippen LogP contribution in [0.5, 0.6) is 0 Å². The van der Waals surface area contributed by atoms with Crippen LogP contribution in [0, 0.1) is 17.8 Å². The van der Waals surface area contributed by atoms with Gasteiger partial charge in [0.1, 0.15) is 0 Å². The summed E-state index contributed by atoms with van der Waals surface area (Å²) in [5.74, 6) is 2.64. The number of terminal acetylenes is 1. The lowest BCUT2D eigenvalue weighted by molar-refractivity contribution is -0.0152. The van der Waals surface area contributed by atoms with E-state index in [-0.39, 0.29) is 0 Å². The number of hydrogen-bond donors (Lipinski definition) is 1. The molecule has 0 amide bonds. The summed E-state index contributed by atoms with van der Waals surface area (Å²) in [6.07, 6.45) is 12.3. The first-order valence-electron chi connectivity index (χ1n) is 4.54. The van der Waals surface area contributed by atoms with E-state index in [1.165, 1.54) is 32.1 Å². The molecule has 0 aromatic carbocycles. The van der Waals surface area contributed by atoms with Gasteiger partial charge in [-0.15, -0.1) is 6.42 Å². The first-order valence-corrected chi connectivity index (χ1v) is 4.54. The van der Waals surface area contributed by atoms with Crippen molar-refractivity contribution in [3.05, 3.63) is 0 Å². The maximum absolute atomic E-state index is 5.19. The van der Waals surface area contributed by atoms with Crippen LogP contribution in [0.4, 0.5) is 0 Å². The molecule has 0 radical (unpaired) electrons. The van der Waals surface area contributed by atoms with Crippen LogP contribution in [0.1, 0.15) is 32.1 Å². The van der Waals surface area contributed by atoms with Gasteiger partial charge in [-0.05, 0) is 31.1 Å². The van der Waals surface area contributed by atoms with Gasteiger partial charge in [0.05, 0.1) is 6.54 Å². The molecule has 2 rings (SSSR count). The lowest BCUT2D eigenvalue weighted by Crippen LogP contribution is -2.56. The largest absolute Gasteiger partial charge is 0.303 e. The van der Waals surface area contributed by atoms with Crippen LogP contribution in [0.2, 0.25) is 0 Å². The summed E-state index contributed by atoms with van der Waals surface area (Å²) in [5, 5.41) is 3.43.